The van der Waals surface area contributed by atoms with E-state index in [0.29, 0.717) is 19.8 Å². The number of urea groups is 1. The molecule has 0 spiro atoms. The van der Waals surface area contributed by atoms with E-state index in [9.17, 15) is 9.59 Å². The number of ether oxygens (including phenoxy) is 2. The fraction of sp³-hybridized carbons (Fsp3) is 0.833. The lowest BCUT2D eigenvalue weighted by molar-refractivity contribution is -0.141. The molecule has 0 heterocycles. The second-order valence-corrected chi connectivity index (χ2v) is 4.29. The summed E-state index contributed by atoms with van der Waals surface area (Å²) in [6, 6.07) is -0.356. The van der Waals surface area contributed by atoms with Crippen molar-refractivity contribution < 1.29 is 19.1 Å². The van der Waals surface area contributed by atoms with Gasteiger partial charge < -0.3 is 20.1 Å². The Kier molecular flexibility index (Phi) is 7.17. The highest BCUT2D eigenvalue weighted by molar-refractivity contribution is 5.80. The molecule has 0 unspecified atom stereocenters. The summed E-state index contributed by atoms with van der Waals surface area (Å²) in [6.07, 6.45) is 3.35. The van der Waals surface area contributed by atoms with Crippen LogP contribution in [0.4, 0.5) is 4.79 Å². The van der Waals surface area contributed by atoms with Crippen LogP contribution in [0.5, 0.6) is 0 Å². The van der Waals surface area contributed by atoms with E-state index in [1.165, 1.54) is 12.8 Å². The van der Waals surface area contributed by atoms with Crippen molar-refractivity contribution in [1.82, 2.24) is 10.6 Å². The van der Waals surface area contributed by atoms with Gasteiger partial charge in [0.1, 0.15) is 6.54 Å². The average Bonchev–Trinajstić information content (AvgIpc) is 3.15. The first-order valence-electron chi connectivity index (χ1n) is 6.47. The molecular formula is C12H22N2O4. The highest BCUT2D eigenvalue weighted by atomic mass is 16.5. The molecule has 0 atom stereocenters. The van der Waals surface area contributed by atoms with Crippen molar-refractivity contribution in [2.24, 2.45) is 5.92 Å². The molecule has 6 heteroatoms. The monoisotopic (exact) mass is 258 g/mol. The van der Waals surface area contributed by atoms with Crippen LogP contribution >= 0.6 is 0 Å². The third-order valence-electron chi connectivity index (χ3n) is 2.50. The van der Waals surface area contributed by atoms with Crippen LogP contribution in [0.3, 0.4) is 0 Å². The van der Waals surface area contributed by atoms with Crippen molar-refractivity contribution in [2.45, 2.75) is 26.2 Å². The van der Waals surface area contributed by atoms with Crippen molar-refractivity contribution in [3.05, 3.63) is 0 Å². The van der Waals surface area contributed by atoms with Gasteiger partial charge in [-0.05, 0) is 32.1 Å². The van der Waals surface area contributed by atoms with Crippen molar-refractivity contribution in [2.75, 3.05) is 32.9 Å². The van der Waals surface area contributed by atoms with Crippen molar-refractivity contribution >= 4 is 12.0 Å². The summed E-state index contributed by atoms with van der Waals surface area (Å²) in [5, 5.41) is 5.07. The third-order valence-corrected chi connectivity index (χ3v) is 2.50. The van der Waals surface area contributed by atoms with Crippen LogP contribution in [0, 0.1) is 5.92 Å². The minimum atomic E-state index is -0.430. The molecule has 1 aliphatic carbocycles. The van der Waals surface area contributed by atoms with Gasteiger partial charge in [-0.25, -0.2) is 4.79 Å². The number of carbonyl (C=O) groups is 2. The summed E-state index contributed by atoms with van der Waals surface area (Å²) in [5.74, 6) is 0.339. The van der Waals surface area contributed by atoms with Crippen LogP contribution in [0.1, 0.15) is 26.2 Å². The maximum atomic E-state index is 11.2. The topological polar surface area (TPSA) is 76.7 Å². The lowest BCUT2D eigenvalue weighted by Gasteiger charge is -2.07. The summed E-state index contributed by atoms with van der Waals surface area (Å²) in [7, 11) is 0. The van der Waals surface area contributed by atoms with E-state index in [0.717, 1.165) is 18.9 Å². The zero-order valence-corrected chi connectivity index (χ0v) is 10.9. The highest BCUT2D eigenvalue weighted by Crippen LogP contribution is 2.28. The van der Waals surface area contributed by atoms with Crippen molar-refractivity contribution in [3.63, 3.8) is 0 Å². The maximum Gasteiger partial charge on any atom is 0.325 e. The highest BCUT2D eigenvalue weighted by Gasteiger charge is 2.20. The van der Waals surface area contributed by atoms with Crippen LogP contribution in [-0.2, 0) is 14.3 Å². The second-order valence-electron chi connectivity index (χ2n) is 4.29. The van der Waals surface area contributed by atoms with Gasteiger partial charge in [-0.1, -0.05) is 0 Å². The lowest BCUT2D eigenvalue weighted by atomic mass is 10.4. The SMILES string of the molecule is CCOC(=O)CNC(=O)NCCCOCC1CC1. The summed E-state index contributed by atoms with van der Waals surface area (Å²) in [4.78, 5) is 22.2. The van der Waals surface area contributed by atoms with E-state index >= 15 is 0 Å². The van der Waals surface area contributed by atoms with Crippen LogP contribution in [0.2, 0.25) is 0 Å². The van der Waals surface area contributed by atoms with E-state index < -0.39 is 5.97 Å². The zero-order valence-electron chi connectivity index (χ0n) is 10.9. The number of hydrogen-bond acceptors (Lipinski definition) is 4. The molecule has 0 aliphatic heterocycles. The predicted octanol–water partition coefficient (Wildman–Crippen LogP) is 0.665. The Morgan fingerprint density at radius 2 is 2.06 bits per heavy atom. The summed E-state index contributed by atoms with van der Waals surface area (Å²) in [6.45, 7) is 3.99. The van der Waals surface area contributed by atoms with Gasteiger partial charge in [-0.15, -0.1) is 0 Å². The molecule has 0 bridgehead atoms. The number of esters is 1. The van der Waals surface area contributed by atoms with Crippen molar-refractivity contribution in [3.8, 4) is 0 Å². The zero-order chi connectivity index (χ0) is 13.2. The number of carbonyl (C=O) groups excluding carboxylic acids is 2. The Balaban J connectivity index is 1.84. The molecule has 1 fully saturated rings. The second kappa shape index (κ2) is 8.74. The van der Waals surface area contributed by atoms with Crippen molar-refractivity contribution in [1.29, 1.82) is 0 Å². The predicted molar refractivity (Wildman–Crippen MR) is 66.2 cm³/mol. The number of nitrogens with one attached hydrogen (secondary N) is 2. The van der Waals surface area contributed by atoms with E-state index in [-0.39, 0.29) is 12.6 Å². The Labute approximate surface area is 107 Å². The van der Waals surface area contributed by atoms with E-state index in [1.54, 1.807) is 6.92 Å². The Morgan fingerprint density at radius 1 is 1.28 bits per heavy atom. The molecule has 1 rings (SSSR count). The minimum Gasteiger partial charge on any atom is -0.465 e. The number of amides is 2. The van der Waals surface area contributed by atoms with Gasteiger partial charge in [0.15, 0.2) is 0 Å². The average molecular weight is 258 g/mol. The molecule has 0 aromatic heterocycles. The smallest absolute Gasteiger partial charge is 0.325 e. The van der Waals surface area contributed by atoms with Gasteiger partial charge in [-0.3, -0.25) is 4.79 Å². The van der Waals surface area contributed by atoms with Gasteiger partial charge in [0.2, 0.25) is 0 Å². The first-order chi connectivity index (χ1) is 8.72. The molecule has 0 saturated heterocycles. The van der Waals surface area contributed by atoms with Gasteiger partial charge in [0, 0.05) is 19.8 Å². The van der Waals surface area contributed by atoms with Gasteiger partial charge >= 0.3 is 12.0 Å². The lowest BCUT2D eigenvalue weighted by Crippen LogP contribution is -2.39. The number of rotatable bonds is 9. The Bertz CT molecular complexity index is 267. The van der Waals surface area contributed by atoms with Gasteiger partial charge in [0.05, 0.1) is 6.61 Å². The fourth-order valence-electron chi connectivity index (χ4n) is 1.34. The van der Waals surface area contributed by atoms with Gasteiger partial charge in [0.25, 0.3) is 0 Å². The molecule has 6 nitrogen and oxygen atoms in total. The molecule has 2 amide bonds. The first-order valence-corrected chi connectivity index (χ1v) is 6.47. The molecule has 0 aromatic rings. The standard InChI is InChI=1S/C12H22N2O4/c1-2-18-11(15)8-14-12(16)13-6-3-7-17-9-10-4-5-10/h10H,2-9H2,1H3,(H2,13,14,16). The molecule has 1 saturated carbocycles. The van der Waals surface area contributed by atoms with Gasteiger partial charge in [-0.2, -0.15) is 0 Å². The van der Waals surface area contributed by atoms with E-state index in [4.69, 9.17) is 4.74 Å². The molecular weight excluding hydrogens is 236 g/mol. The van der Waals surface area contributed by atoms with Crippen LogP contribution in [0.25, 0.3) is 0 Å². The molecule has 18 heavy (non-hydrogen) atoms. The number of hydrogen-bond donors (Lipinski definition) is 2. The molecule has 0 radical (unpaired) electrons. The molecule has 2 N–H and O–H groups in total. The summed E-state index contributed by atoms with van der Waals surface area (Å²) < 4.78 is 10.1. The fourth-order valence-corrected chi connectivity index (χ4v) is 1.34. The summed E-state index contributed by atoms with van der Waals surface area (Å²) in [5.41, 5.74) is 0. The van der Waals surface area contributed by atoms with Crippen LogP contribution in [-0.4, -0.2) is 44.9 Å². The Hall–Kier alpha value is -1.30. The Morgan fingerprint density at radius 3 is 2.72 bits per heavy atom. The largest absolute Gasteiger partial charge is 0.465 e. The third kappa shape index (κ3) is 7.89. The molecule has 0 aromatic carbocycles. The first kappa shape index (κ1) is 14.8. The summed E-state index contributed by atoms with van der Waals surface area (Å²) >= 11 is 0. The van der Waals surface area contributed by atoms with Crippen LogP contribution in [0.15, 0.2) is 0 Å². The van der Waals surface area contributed by atoms with E-state index in [1.807, 2.05) is 0 Å². The van der Waals surface area contributed by atoms with E-state index in [2.05, 4.69) is 15.4 Å². The molecule has 1 aliphatic rings. The van der Waals surface area contributed by atoms with Crippen LogP contribution < -0.4 is 10.6 Å². The normalized spacial score (nSPS) is 14.1. The molecule has 104 valence electrons. The quantitative estimate of drug-likeness (QED) is 0.470. The minimum absolute atomic E-state index is 0.0994. The maximum absolute atomic E-state index is 11.2.